The Kier molecular flexibility index (Phi) is 5.80. The SMILES string of the molecule is Cc1cc(NC(=O)CN2CCN(Cc3ccc(CO)cc3)CC2)no1. The minimum absolute atomic E-state index is 0.0682. The van der Waals surface area contributed by atoms with Gasteiger partial charge in [-0.3, -0.25) is 14.6 Å². The molecule has 2 N–H and O–H groups in total. The normalized spacial score (nSPS) is 16.1. The first-order valence-corrected chi connectivity index (χ1v) is 8.49. The van der Waals surface area contributed by atoms with Crippen molar-refractivity contribution < 1.29 is 14.4 Å². The van der Waals surface area contributed by atoms with Crippen molar-refractivity contribution in [2.24, 2.45) is 0 Å². The molecule has 2 aromatic rings. The number of aromatic nitrogens is 1. The lowest BCUT2D eigenvalue weighted by atomic mass is 10.1. The molecule has 0 radical (unpaired) electrons. The molecule has 1 aliphatic rings. The highest BCUT2D eigenvalue weighted by Crippen LogP contribution is 2.11. The van der Waals surface area contributed by atoms with E-state index >= 15 is 0 Å². The first-order chi connectivity index (χ1) is 12.1. The number of nitrogens with one attached hydrogen (secondary N) is 1. The number of anilines is 1. The number of aliphatic hydroxyl groups excluding tert-OH is 1. The number of aliphatic hydroxyl groups is 1. The van der Waals surface area contributed by atoms with Crippen LogP contribution >= 0.6 is 0 Å². The number of benzene rings is 1. The Labute approximate surface area is 147 Å². The van der Waals surface area contributed by atoms with Crippen molar-refractivity contribution in [1.82, 2.24) is 15.0 Å². The molecular formula is C18H24N4O3. The van der Waals surface area contributed by atoms with Crippen LogP contribution in [0.5, 0.6) is 0 Å². The predicted molar refractivity (Wildman–Crippen MR) is 94.0 cm³/mol. The van der Waals surface area contributed by atoms with Crippen molar-refractivity contribution in [3.8, 4) is 0 Å². The number of carbonyl (C=O) groups is 1. The van der Waals surface area contributed by atoms with Gasteiger partial charge in [-0.2, -0.15) is 0 Å². The van der Waals surface area contributed by atoms with E-state index in [0.29, 0.717) is 18.1 Å². The van der Waals surface area contributed by atoms with Crippen LogP contribution in [0.15, 0.2) is 34.9 Å². The molecule has 1 aliphatic heterocycles. The molecule has 0 bridgehead atoms. The van der Waals surface area contributed by atoms with Gasteiger partial charge in [0.1, 0.15) is 5.76 Å². The van der Waals surface area contributed by atoms with Crippen molar-refractivity contribution in [2.75, 3.05) is 38.0 Å². The topological polar surface area (TPSA) is 81.8 Å². The number of hydrogen-bond acceptors (Lipinski definition) is 6. The van der Waals surface area contributed by atoms with Gasteiger partial charge in [0.05, 0.1) is 13.2 Å². The van der Waals surface area contributed by atoms with Gasteiger partial charge >= 0.3 is 0 Å². The highest BCUT2D eigenvalue weighted by atomic mass is 16.5. The first-order valence-electron chi connectivity index (χ1n) is 8.49. The summed E-state index contributed by atoms with van der Waals surface area (Å²) in [6.45, 7) is 6.71. The van der Waals surface area contributed by atoms with Crippen molar-refractivity contribution in [3.63, 3.8) is 0 Å². The van der Waals surface area contributed by atoms with Gasteiger partial charge in [-0.1, -0.05) is 29.4 Å². The molecule has 7 nitrogen and oxygen atoms in total. The second-order valence-electron chi connectivity index (χ2n) is 6.40. The Morgan fingerprint density at radius 1 is 1.16 bits per heavy atom. The van der Waals surface area contributed by atoms with Gasteiger partial charge in [-0.05, 0) is 18.1 Å². The van der Waals surface area contributed by atoms with E-state index in [9.17, 15) is 4.79 Å². The zero-order valence-electron chi connectivity index (χ0n) is 14.4. The molecule has 0 saturated carbocycles. The number of nitrogens with zero attached hydrogens (tertiary/aromatic N) is 3. The zero-order chi connectivity index (χ0) is 17.6. The minimum Gasteiger partial charge on any atom is -0.392 e. The molecule has 0 unspecified atom stereocenters. The van der Waals surface area contributed by atoms with Crippen LogP contribution in [0.1, 0.15) is 16.9 Å². The molecule has 1 fully saturated rings. The quantitative estimate of drug-likeness (QED) is 0.820. The van der Waals surface area contributed by atoms with Crippen LogP contribution < -0.4 is 5.32 Å². The van der Waals surface area contributed by atoms with E-state index in [4.69, 9.17) is 9.63 Å². The highest BCUT2D eigenvalue weighted by molar-refractivity contribution is 5.91. The standard InChI is InChI=1S/C18H24N4O3/c1-14-10-17(20-25-14)19-18(24)12-22-8-6-21(7-9-22)11-15-2-4-16(13-23)5-3-15/h2-5,10,23H,6-9,11-13H2,1H3,(H,19,20,24). The van der Waals surface area contributed by atoms with Crippen LogP contribution in [0, 0.1) is 6.92 Å². The van der Waals surface area contributed by atoms with Crippen LogP contribution in [0.25, 0.3) is 0 Å². The summed E-state index contributed by atoms with van der Waals surface area (Å²) in [7, 11) is 0. The average molecular weight is 344 g/mol. The second kappa shape index (κ2) is 8.24. The monoisotopic (exact) mass is 344 g/mol. The molecule has 134 valence electrons. The summed E-state index contributed by atoms with van der Waals surface area (Å²) in [5.74, 6) is 1.07. The van der Waals surface area contributed by atoms with E-state index in [1.54, 1.807) is 13.0 Å². The lowest BCUT2D eigenvalue weighted by Gasteiger charge is -2.34. The van der Waals surface area contributed by atoms with Gasteiger partial charge in [-0.25, -0.2) is 0 Å². The van der Waals surface area contributed by atoms with Gasteiger partial charge in [0.2, 0.25) is 5.91 Å². The Hall–Kier alpha value is -2.22. The Balaban J connectivity index is 1.41. The van der Waals surface area contributed by atoms with Crippen LogP contribution in [0.3, 0.4) is 0 Å². The van der Waals surface area contributed by atoms with Crippen molar-refractivity contribution >= 4 is 11.7 Å². The molecule has 1 aromatic heterocycles. The molecular weight excluding hydrogens is 320 g/mol. The molecule has 0 aliphatic carbocycles. The fraction of sp³-hybridized carbons (Fsp3) is 0.444. The summed E-state index contributed by atoms with van der Waals surface area (Å²) >= 11 is 0. The van der Waals surface area contributed by atoms with Gasteiger partial charge in [0, 0.05) is 38.8 Å². The maximum Gasteiger partial charge on any atom is 0.239 e. The van der Waals surface area contributed by atoms with Crippen LogP contribution in [0.2, 0.25) is 0 Å². The Morgan fingerprint density at radius 2 is 1.80 bits per heavy atom. The molecule has 3 rings (SSSR count). The number of hydrogen-bond donors (Lipinski definition) is 2. The fourth-order valence-electron chi connectivity index (χ4n) is 2.92. The third-order valence-corrected chi connectivity index (χ3v) is 4.34. The summed E-state index contributed by atoms with van der Waals surface area (Å²) in [6.07, 6.45) is 0. The predicted octanol–water partition coefficient (Wildman–Crippen LogP) is 1.23. The van der Waals surface area contributed by atoms with Gasteiger partial charge < -0.3 is 14.9 Å². The molecule has 7 heteroatoms. The third kappa shape index (κ3) is 5.12. The summed E-state index contributed by atoms with van der Waals surface area (Å²) in [6, 6.07) is 9.75. The molecule has 1 aromatic carbocycles. The van der Waals surface area contributed by atoms with E-state index in [2.05, 4.69) is 32.4 Å². The third-order valence-electron chi connectivity index (χ3n) is 4.34. The van der Waals surface area contributed by atoms with E-state index in [1.165, 1.54) is 5.56 Å². The first kappa shape index (κ1) is 17.6. The lowest BCUT2D eigenvalue weighted by Crippen LogP contribution is -2.48. The van der Waals surface area contributed by atoms with E-state index < -0.39 is 0 Å². The molecule has 0 spiro atoms. The summed E-state index contributed by atoms with van der Waals surface area (Å²) in [5.41, 5.74) is 2.17. The van der Waals surface area contributed by atoms with E-state index in [-0.39, 0.29) is 12.5 Å². The van der Waals surface area contributed by atoms with Gasteiger partial charge in [-0.15, -0.1) is 0 Å². The summed E-state index contributed by atoms with van der Waals surface area (Å²) in [4.78, 5) is 16.6. The van der Waals surface area contributed by atoms with Gasteiger partial charge in [0.15, 0.2) is 5.82 Å². The summed E-state index contributed by atoms with van der Waals surface area (Å²) < 4.78 is 4.94. The number of rotatable bonds is 6. The minimum atomic E-state index is -0.0682. The Morgan fingerprint density at radius 3 is 2.40 bits per heavy atom. The van der Waals surface area contributed by atoms with E-state index in [0.717, 1.165) is 38.3 Å². The number of amides is 1. The van der Waals surface area contributed by atoms with Crippen molar-refractivity contribution in [3.05, 3.63) is 47.2 Å². The molecule has 1 amide bonds. The maximum atomic E-state index is 12.1. The smallest absolute Gasteiger partial charge is 0.239 e. The fourth-order valence-corrected chi connectivity index (χ4v) is 2.92. The zero-order valence-corrected chi connectivity index (χ0v) is 14.4. The number of aryl methyl sites for hydroxylation is 1. The van der Waals surface area contributed by atoms with Crippen molar-refractivity contribution in [1.29, 1.82) is 0 Å². The van der Waals surface area contributed by atoms with Crippen LogP contribution in [-0.2, 0) is 17.9 Å². The largest absolute Gasteiger partial charge is 0.392 e. The number of piperazine rings is 1. The lowest BCUT2D eigenvalue weighted by molar-refractivity contribution is -0.117. The van der Waals surface area contributed by atoms with E-state index in [1.807, 2.05) is 12.1 Å². The molecule has 0 atom stereocenters. The van der Waals surface area contributed by atoms with Gasteiger partial charge in [0.25, 0.3) is 0 Å². The molecule has 1 saturated heterocycles. The molecule has 25 heavy (non-hydrogen) atoms. The van der Waals surface area contributed by atoms with Crippen LogP contribution in [-0.4, -0.2) is 58.7 Å². The maximum absolute atomic E-state index is 12.1. The highest BCUT2D eigenvalue weighted by Gasteiger charge is 2.19. The second-order valence-corrected chi connectivity index (χ2v) is 6.40. The summed E-state index contributed by atoms with van der Waals surface area (Å²) in [5, 5.41) is 15.6. The van der Waals surface area contributed by atoms with Crippen molar-refractivity contribution in [2.45, 2.75) is 20.1 Å². The molecule has 2 heterocycles. The average Bonchev–Trinajstić information content (AvgIpc) is 3.02. The number of carbonyl (C=O) groups excluding carboxylic acids is 1. The Bertz CT molecular complexity index is 691. The van der Waals surface area contributed by atoms with Crippen LogP contribution in [0.4, 0.5) is 5.82 Å².